The van der Waals surface area contributed by atoms with Gasteiger partial charge in [0.1, 0.15) is 24.6 Å². The van der Waals surface area contributed by atoms with Crippen LogP contribution in [-0.4, -0.2) is 35.3 Å². The van der Waals surface area contributed by atoms with Crippen LogP contribution in [0.15, 0.2) is 53.0 Å². The van der Waals surface area contributed by atoms with Gasteiger partial charge in [0.05, 0.1) is 0 Å². The molecule has 0 saturated heterocycles. The molecule has 2 aromatic rings. The number of amides is 1. The molecule has 2 atom stereocenters. The molecule has 0 saturated carbocycles. The topological polar surface area (TPSA) is 88.0 Å². The fourth-order valence-corrected chi connectivity index (χ4v) is 2.82. The van der Waals surface area contributed by atoms with Gasteiger partial charge in [-0.1, -0.05) is 52.3 Å². The van der Waals surface area contributed by atoms with Gasteiger partial charge in [-0.25, -0.2) is 4.79 Å². The first kappa shape index (κ1) is 22.0. The Morgan fingerprint density at radius 3 is 2.43 bits per heavy atom. The Bertz CT molecular complexity index is 789. The van der Waals surface area contributed by atoms with Crippen LogP contribution >= 0.6 is 15.9 Å². The van der Waals surface area contributed by atoms with E-state index in [1.807, 2.05) is 6.07 Å². The minimum Gasteiger partial charge on any atom is -0.445 e. The van der Waals surface area contributed by atoms with Gasteiger partial charge in [0.15, 0.2) is 0 Å². The quantitative estimate of drug-likeness (QED) is 0.582. The predicted octanol–water partition coefficient (Wildman–Crippen LogP) is 3.67. The lowest BCUT2D eigenvalue weighted by Crippen LogP contribution is -2.35. The number of alkyl halides is 3. The van der Waals surface area contributed by atoms with Gasteiger partial charge >= 0.3 is 12.5 Å². The average Bonchev–Trinajstić information content (AvgIpc) is 2.63. The third-order valence-electron chi connectivity index (χ3n) is 3.56. The summed E-state index contributed by atoms with van der Waals surface area (Å²) >= 11 is 3.02. The summed E-state index contributed by atoms with van der Waals surface area (Å²) in [6.45, 7) is -0.292. The molecule has 0 bridgehead atoms. The minimum absolute atomic E-state index is 0.0392. The zero-order chi connectivity index (χ0) is 20.7. The lowest BCUT2D eigenvalue weighted by atomic mass is 10.0. The van der Waals surface area contributed by atoms with Crippen molar-refractivity contribution in [1.82, 2.24) is 5.32 Å². The molecule has 28 heavy (non-hydrogen) atoms. The van der Waals surface area contributed by atoms with Gasteiger partial charge in [-0.3, -0.25) is 0 Å². The second-order valence-corrected chi connectivity index (χ2v) is 6.54. The molecular weight excluding hydrogens is 447 g/mol. The first-order chi connectivity index (χ1) is 13.2. The number of aliphatic hydroxyl groups excluding tert-OH is 2. The average molecular weight is 464 g/mol. The number of hydrogen-bond donors (Lipinski definition) is 3. The zero-order valence-corrected chi connectivity index (χ0v) is 15.9. The van der Waals surface area contributed by atoms with Gasteiger partial charge in [0.25, 0.3) is 0 Å². The largest absolute Gasteiger partial charge is 0.573 e. The molecule has 0 aromatic heterocycles. The van der Waals surface area contributed by atoms with E-state index in [0.29, 0.717) is 0 Å². The Hall–Kier alpha value is -2.30. The molecule has 0 aliphatic heterocycles. The second kappa shape index (κ2) is 9.76. The molecule has 0 aliphatic rings. The minimum atomic E-state index is -4.84. The highest BCUT2D eigenvalue weighted by molar-refractivity contribution is 9.10. The third-order valence-corrected chi connectivity index (χ3v) is 4.24. The van der Waals surface area contributed by atoms with Gasteiger partial charge in [0, 0.05) is 11.0 Å². The van der Waals surface area contributed by atoms with Crippen LogP contribution in [-0.2, 0) is 11.3 Å². The molecular formula is C18H17BrF3NO5. The molecule has 2 rings (SSSR count). The number of nitrogens with one attached hydrogen (secondary N) is 1. The number of hydrogen-bond acceptors (Lipinski definition) is 5. The maximum absolute atomic E-state index is 12.2. The Kier molecular flexibility index (Phi) is 7.67. The summed E-state index contributed by atoms with van der Waals surface area (Å²) in [5.74, 6) is -0.479. The lowest BCUT2D eigenvalue weighted by Gasteiger charge is -2.20. The summed E-state index contributed by atoms with van der Waals surface area (Å²) in [6.07, 6.45) is -8.52. The number of ether oxygens (including phenoxy) is 2. The van der Waals surface area contributed by atoms with Gasteiger partial charge in [-0.15, -0.1) is 13.2 Å². The van der Waals surface area contributed by atoms with E-state index < -0.39 is 30.4 Å². The lowest BCUT2D eigenvalue weighted by molar-refractivity contribution is -0.274. The smallest absolute Gasteiger partial charge is 0.445 e. The van der Waals surface area contributed by atoms with E-state index in [2.05, 4.69) is 26.0 Å². The van der Waals surface area contributed by atoms with Gasteiger partial charge in [-0.2, -0.15) is 0 Å². The van der Waals surface area contributed by atoms with Crippen LogP contribution in [0.2, 0.25) is 0 Å². The predicted molar refractivity (Wildman–Crippen MR) is 96.4 cm³/mol. The normalized spacial score (nSPS) is 13.5. The maximum atomic E-state index is 12.2. The Morgan fingerprint density at radius 1 is 1.14 bits per heavy atom. The van der Waals surface area contributed by atoms with E-state index in [1.54, 1.807) is 24.3 Å². The van der Waals surface area contributed by atoms with Crippen molar-refractivity contribution in [3.8, 4) is 5.75 Å². The van der Waals surface area contributed by atoms with Crippen molar-refractivity contribution in [2.24, 2.45) is 0 Å². The van der Waals surface area contributed by atoms with E-state index in [0.717, 1.165) is 17.7 Å². The van der Waals surface area contributed by atoms with Crippen molar-refractivity contribution in [1.29, 1.82) is 0 Å². The highest BCUT2D eigenvalue weighted by atomic mass is 79.9. The number of rotatable bonds is 7. The molecule has 2 unspecified atom stereocenters. The van der Waals surface area contributed by atoms with E-state index in [-0.39, 0.29) is 23.2 Å². The summed E-state index contributed by atoms with van der Waals surface area (Å²) < 4.78 is 45.5. The molecule has 0 heterocycles. The number of carbonyl (C=O) groups excluding carboxylic acids is 1. The number of halogens is 4. The van der Waals surface area contributed by atoms with Crippen molar-refractivity contribution in [3.05, 3.63) is 64.1 Å². The van der Waals surface area contributed by atoms with E-state index in [4.69, 9.17) is 4.74 Å². The zero-order valence-electron chi connectivity index (χ0n) is 14.3. The summed E-state index contributed by atoms with van der Waals surface area (Å²) in [7, 11) is 0. The van der Waals surface area contributed by atoms with Gasteiger partial charge < -0.3 is 25.0 Å². The van der Waals surface area contributed by atoms with E-state index in [1.165, 1.54) is 6.07 Å². The molecule has 0 fully saturated rings. The van der Waals surface area contributed by atoms with Crippen LogP contribution in [0.5, 0.6) is 5.75 Å². The van der Waals surface area contributed by atoms with Crippen LogP contribution in [0.25, 0.3) is 0 Å². The van der Waals surface area contributed by atoms with Crippen molar-refractivity contribution in [2.45, 2.75) is 25.2 Å². The molecule has 2 aromatic carbocycles. The third kappa shape index (κ3) is 7.02. The molecule has 10 heteroatoms. The number of benzene rings is 2. The molecule has 6 nitrogen and oxygen atoms in total. The first-order valence-corrected chi connectivity index (χ1v) is 8.81. The Balaban J connectivity index is 1.86. The number of aliphatic hydroxyl groups is 2. The maximum Gasteiger partial charge on any atom is 0.573 e. The fourth-order valence-electron chi connectivity index (χ4n) is 2.23. The second-order valence-electron chi connectivity index (χ2n) is 5.69. The van der Waals surface area contributed by atoms with Crippen molar-refractivity contribution < 1.29 is 37.7 Å². The molecule has 152 valence electrons. The van der Waals surface area contributed by atoms with Crippen LogP contribution in [0.3, 0.4) is 0 Å². The summed E-state index contributed by atoms with van der Waals surface area (Å²) in [5.41, 5.74) is 0.907. The van der Waals surface area contributed by atoms with E-state index in [9.17, 15) is 28.2 Å². The molecule has 0 radical (unpaired) electrons. The van der Waals surface area contributed by atoms with Gasteiger partial charge in [-0.05, 0) is 23.3 Å². The Morgan fingerprint density at radius 2 is 1.82 bits per heavy atom. The molecule has 0 spiro atoms. The van der Waals surface area contributed by atoms with Crippen LogP contribution in [0, 0.1) is 0 Å². The molecule has 3 N–H and O–H groups in total. The van der Waals surface area contributed by atoms with Crippen molar-refractivity contribution in [3.63, 3.8) is 0 Å². The monoisotopic (exact) mass is 463 g/mol. The fraction of sp³-hybridized carbons (Fsp3) is 0.278. The van der Waals surface area contributed by atoms with Gasteiger partial charge in [0.2, 0.25) is 0 Å². The number of carbonyl (C=O) groups is 1. The highest BCUT2D eigenvalue weighted by Crippen LogP contribution is 2.31. The highest BCUT2D eigenvalue weighted by Gasteiger charge is 2.31. The number of alkyl carbamates (subject to hydrolysis) is 1. The van der Waals surface area contributed by atoms with E-state index >= 15 is 0 Å². The van der Waals surface area contributed by atoms with Crippen molar-refractivity contribution in [2.75, 3.05) is 6.54 Å². The summed E-state index contributed by atoms with van der Waals surface area (Å²) in [6, 6.07) is 12.1. The SMILES string of the molecule is O=C(NCC(O)C(O)c1ccc(OC(F)(F)F)cc1Br)OCc1ccccc1. The standard InChI is InChI=1S/C18H17BrF3NO5/c19-14-8-12(28-18(20,21)22)6-7-13(14)16(25)15(24)9-23-17(26)27-10-11-4-2-1-3-5-11/h1-8,15-16,24-25H,9-10H2,(H,23,26). The molecule has 0 aliphatic carbocycles. The van der Waals surface area contributed by atoms with Crippen molar-refractivity contribution >= 4 is 22.0 Å². The Labute approximate surface area is 167 Å². The van der Waals surface area contributed by atoms with Crippen LogP contribution < -0.4 is 10.1 Å². The summed E-state index contributed by atoms with van der Waals surface area (Å²) in [5, 5.41) is 22.5. The summed E-state index contributed by atoms with van der Waals surface area (Å²) in [4.78, 5) is 11.7. The van der Waals surface area contributed by atoms with Crippen LogP contribution in [0.1, 0.15) is 17.2 Å². The molecule has 1 amide bonds. The first-order valence-electron chi connectivity index (χ1n) is 8.01. The van der Waals surface area contributed by atoms with Crippen LogP contribution in [0.4, 0.5) is 18.0 Å².